The summed E-state index contributed by atoms with van der Waals surface area (Å²) in [5.41, 5.74) is 1.03. The third kappa shape index (κ3) is 3.79. The van der Waals surface area contributed by atoms with Crippen molar-refractivity contribution in [2.45, 2.75) is 31.6 Å². The Bertz CT molecular complexity index is 570. The van der Waals surface area contributed by atoms with E-state index < -0.39 is 10.0 Å². The molecule has 18 heavy (non-hydrogen) atoms. The van der Waals surface area contributed by atoms with Crippen molar-refractivity contribution < 1.29 is 13.2 Å². The lowest BCUT2D eigenvalue weighted by Gasteiger charge is -2.11. The molecule has 1 amide bonds. The van der Waals surface area contributed by atoms with Gasteiger partial charge in [0.2, 0.25) is 15.9 Å². The molecule has 1 aromatic rings. The number of hydrogen-bond acceptors (Lipinski definition) is 3. The maximum absolute atomic E-state index is 11.5. The average Bonchev–Trinajstić information content (AvgIpc) is 2.21. The van der Waals surface area contributed by atoms with Crippen LogP contribution in [-0.4, -0.2) is 14.3 Å². The van der Waals surface area contributed by atoms with Crippen LogP contribution in [0.2, 0.25) is 0 Å². The predicted molar refractivity (Wildman–Crippen MR) is 73.8 cm³/mol. The van der Waals surface area contributed by atoms with Crippen LogP contribution in [0.25, 0.3) is 0 Å². The highest BCUT2D eigenvalue weighted by atomic mass is 79.9. The Morgan fingerprint density at radius 2 is 2.06 bits per heavy atom. The molecule has 0 radical (unpaired) electrons. The van der Waals surface area contributed by atoms with Crippen molar-refractivity contribution in [3.63, 3.8) is 0 Å². The summed E-state index contributed by atoms with van der Waals surface area (Å²) in [7, 11) is -3.75. The van der Waals surface area contributed by atoms with Gasteiger partial charge in [0.25, 0.3) is 0 Å². The van der Waals surface area contributed by atoms with Gasteiger partial charge in [0, 0.05) is 10.9 Å². The van der Waals surface area contributed by atoms with Crippen LogP contribution >= 0.6 is 15.9 Å². The standard InChI is InChI=1S/C11H15BrN2O3S/c1-3-4-11(15)14-9-5-7(2)10(6-8(9)12)18(13,16)17/h5-6H,3-4H2,1-2H3,(H,14,15)(H2,13,16,17). The number of aryl methyl sites for hydroxylation is 1. The molecule has 1 aromatic carbocycles. The quantitative estimate of drug-likeness (QED) is 0.883. The highest BCUT2D eigenvalue weighted by molar-refractivity contribution is 9.10. The van der Waals surface area contributed by atoms with Crippen LogP contribution in [0.5, 0.6) is 0 Å². The third-order valence-electron chi connectivity index (χ3n) is 2.32. The molecule has 0 saturated carbocycles. The van der Waals surface area contributed by atoms with Crippen molar-refractivity contribution >= 4 is 37.5 Å². The summed E-state index contributed by atoms with van der Waals surface area (Å²) in [6, 6.07) is 2.98. The number of hydrogen-bond donors (Lipinski definition) is 2. The average molecular weight is 335 g/mol. The third-order valence-corrected chi connectivity index (χ3v) is 4.03. The molecule has 0 atom stereocenters. The van der Waals surface area contributed by atoms with E-state index in [1.807, 2.05) is 6.92 Å². The van der Waals surface area contributed by atoms with Gasteiger partial charge in [-0.25, -0.2) is 13.6 Å². The van der Waals surface area contributed by atoms with Crippen LogP contribution in [0.15, 0.2) is 21.5 Å². The van der Waals surface area contributed by atoms with Crippen molar-refractivity contribution in [3.8, 4) is 0 Å². The maximum Gasteiger partial charge on any atom is 0.238 e. The van der Waals surface area contributed by atoms with Crippen molar-refractivity contribution in [2.24, 2.45) is 5.14 Å². The minimum Gasteiger partial charge on any atom is -0.325 e. The lowest BCUT2D eigenvalue weighted by molar-refractivity contribution is -0.116. The van der Waals surface area contributed by atoms with E-state index in [-0.39, 0.29) is 10.8 Å². The first kappa shape index (κ1) is 15.1. The van der Waals surface area contributed by atoms with Crippen LogP contribution in [0, 0.1) is 6.92 Å². The summed E-state index contributed by atoms with van der Waals surface area (Å²) >= 11 is 3.22. The second kappa shape index (κ2) is 5.81. The van der Waals surface area contributed by atoms with Gasteiger partial charge in [0.1, 0.15) is 0 Å². The molecule has 1 rings (SSSR count). The molecule has 0 aromatic heterocycles. The second-order valence-corrected chi connectivity index (χ2v) is 6.32. The molecule has 0 aliphatic carbocycles. The van der Waals surface area contributed by atoms with Crippen LogP contribution in [0.1, 0.15) is 25.3 Å². The molecule has 0 fully saturated rings. The molecule has 0 aliphatic heterocycles. The van der Waals surface area contributed by atoms with Gasteiger partial charge in [0.05, 0.1) is 10.6 Å². The summed E-state index contributed by atoms with van der Waals surface area (Å²) in [6.07, 6.45) is 1.17. The molecule has 0 bridgehead atoms. The number of halogens is 1. The number of benzene rings is 1. The molecule has 7 heteroatoms. The summed E-state index contributed by atoms with van der Waals surface area (Å²) in [5, 5.41) is 7.80. The first-order valence-corrected chi connectivity index (χ1v) is 7.72. The smallest absolute Gasteiger partial charge is 0.238 e. The molecule has 0 spiro atoms. The first-order chi connectivity index (χ1) is 8.25. The summed E-state index contributed by atoms with van der Waals surface area (Å²) in [5.74, 6) is -0.110. The fraction of sp³-hybridized carbons (Fsp3) is 0.364. The van der Waals surface area contributed by atoms with Gasteiger partial charge in [-0.15, -0.1) is 0 Å². The van der Waals surface area contributed by atoms with Crippen molar-refractivity contribution in [1.82, 2.24) is 0 Å². The Labute approximate surface area is 115 Å². The van der Waals surface area contributed by atoms with E-state index >= 15 is 0 Å². The number of primary sulfonamides is 1. The molecular formula is C11H15BrN2O3S. The van der Waals surface area contributed by atoms with E-state index in [1.54, 1.807) is 13.0 Å². The SMILES string of the molecule is CCCC(=O)Nc1cc(C)c(S(N)(=O)=O)cc1Br. The van der Waals surface area contributed by atoms with Gasteiger partial charge < -0.3 is 5.32 Å². The number of amides is 1. The number of carbonyl (C=O) groups is 1. The number of nitrogens with one attached hydrogen (secondary N) is 1. The van der Waals surface area contributed by atoms with Crippen LogP contribution in [0.4, 0.5) is 5.69 Å². The van der Waals surface area contributed by atoms with Gasteiger partial charge in [-0.2, -0.15) is 0 Å². The van der Waals surface area contributed by atoms with Crippen LogP contribution in [-0.2, 0) is 14.8 Å². The van der Waals surface area contributed by atoms with Gasteiger partial charge in [0.15, 0.2) is 0 Å². The van der Waals surface area contributed by atoms with Crippen LogP contribution < -0.4 is 10.5 Å². The van der Waals surface area contributed by atoms with Gasteiger partial charge >= 0.3 is 0 Å². The number of nitrogens with two attached hydrogens (primary N) is 1. The van der Waals surface area contributed by atoms with Gasteiger partial charge in [-0.1, -0.05) is 6.92 Å². The highest BCUT2D eigenvalue weighted by Crippen LogP contribution is 2.28. The number of sulfonamides is 1. The Morgan fingerprint density at radius 3 is 2.56 bits per heavy atom. The fourth-order valence-electron chi connectivity index (χ4n) is 1.51. The largest absolute Gasteiger partial charge is 0.325 e. The normalized spacial score (nSPS) is 11.3. The minimum absolute atomic E-state index is 0.0443. The minimum atomic E-state index is -3.75. The number of anilines is 1. The van der Waals surface area contributed by atoms with E-state index in [0.29, 0.717) is 22.1 Å². The van der Waals surface area contributed by atoms with Gasteiger partial charge in [-0.3, -0.25) is 4.79 Å². The zero-order chi connectivity index (χ0) is 13.9. The topological polar surface area (TPSA) is 89.3 Å². The highest BCUT2D eigenvalue weighted by Gasteiger charge is 2.15. The Morgan fingerprint density at radius 1 is 1.44 bits per heavy atom. The number of carbonyl (C=O) groups excluding carboxylic acids is 1. The number of rotatable bonds is 4. The van der Waals surface area contributed by atoms with Crippen molar-refractivity contribution in [3.05, 3.63) is 22.2 Å². The molecule has 3 N–H and O–H groups in total. The summed E-state index contributed by atoms with van der Waals surface area (Å²) < 4.78 is 23.1. The Hall–Kier alpha value is -0.920. The lowest BCUT2D eigenvalue weighted by atomic mass is 10.2. The van der Waals surface area contributed by atoms with Gasteiger partial charge in [-0.05, 0) is 47.0 Å². The Kier molecular flexibility index (Phi) is 4.89. The van der Waals surface area contributed by atoms with E-state index in [4.69, 9.17) is 5.14 Å². The predicted octanol–water partition coefficient (Wildman–Crippen LogP) is 2.14. The summed E-state index contributed by atoms with van der Waals surface area (Å²) in [6.45, 7) is 3.53. The molecule has 0 unspecified atom stereocenters. The molecule has 5 nitrogen and oxygen atoms in total. The van der Waals surface area contributed by atoms with E-state index in [0.717, 1.165) is 6.42 Å². The van der Waals surface area contributed by atoms with Crippen molar-refractivity contribution in [1.29, 1.82) is 0 Å². The van der Waals surface area contributed by atoms with E-state index in [1.165, 1.54) is 6.07 Å². The monoisotopic (exact) mass is 334 g/mol. The second-order valence-electron chi connectivity index (χ2n) is 3.94. The lowest BCUT2D eigenvalue weighted by Crippen LogP contribution is -2.15. The molecule has 0 saturated heterocycles. The van der Waals surface area contributed by atoms with Crippen molar-refractivity contribution in [2.75, 3.05) is 5.32 Å². The van der Waals surface area contributed by atoms with Crippen LogP contribution in [0.3, 0.4) is 0 Å². The van der Waals surface area contributed by atoms with E-state index in [9.17, 15) is 13.2 Å². The maximum atomic E-state index is 11.5. The molecular weight excluding hydrogens is 320 g/mol. The fourth-order valence-corrected chi connectivity index (χ4v) is 2.89. The first-order valence-electron chi connectivity index (χ1n) is 5.38. The summed E-state index contributed by atoms with van der Waals surface area (Å²) in [4.78, 5) is 11.5. The zero-order valence-corrected chi connectivity index (χ0v) is 12.6. The molecule has 100 valence electrons. The Balaban J connectivity index is 3.12. The molecule has 0 heterocycles. The molecule has 0 aliphatic rings. The van der Waals surface area contributed by atoms with E-state index in [2.05, 4.69) is 21.2 Å². The zero-order valence-electron chi connectivity index (χ0n) is 10.2.